The Hall–Kier alpha value is -4.08. The molecule has 1 fully saturated rings. The highest BCUT2D eigenvalue weighted by molar-refractivity contribution is 5.94. The van der Waals surface area contributed by atoms with E-state index in [9.17, 15) is 9.59 Å². The molecule has 178 valence electrons. The number of hydrazine groups is 1. The van der Waals surface area contributed by atoms with Gasteiger partial charge in [0.05, 0.1) is 18.5 Å². The highest BCUT2D eigenvalue weighted by Gasteiger charge is 2.30. The van der Waals surface area contributed by atoms with Crippen LogP contribution in [0.2, 0.25) is 0 Å². The van der Waals surface area contributed by atoms with Crippen LogP contribution in [0.3, 0.4) is 0 Å². The van der Waals surface area contributed by atoms with Crippen LogP contribution in [0.25, 0.3) is 11.3 Å². The van der Waals surface area contributed by atoms with E-state index in [-0.39, 0.29) is 11.8 Å². The Labute approximate surface area is 198 Å². The Bertz CT molecular complexity index is 1230. The predicted molar refractivity (Wildman–Crippen MR) is 131 cm³/mol. The Morgan fingerprint density at radius 1 is 1.26 bits per heavy atom. The third-order valence-electron chi connectivity index (χ3n) is 5.67. The number of aromatic nitrogens is 3. The number of benzene rings is 1. The second kappa shape index (κ2) is 9.42. The molecule has 0 radical (unpaired) electrons. The van der Waals surface area contributed by atoms with Gasteiger partial charge in [-0.3, -0.25) is 24.7 Å². The molecule has 3 aromatic rings. The van der Waals surface area contributed by atoms with Crippen LogP contribution in [0, 0.1) is 19.8 Å². The highest BCUT2D eigenvalue weighted by atomic mass is 16.5. The van der Waals surface area contributed by atoms with Crippen LogP contribution < -0.4 is 20.8 Å². The van der Waals surface area contributed by atoms with Crippen LogP contribution in [-0.4, -0.2) is 46.2 Å². The van der Waals surface area contributed by atoms with Crippen molar-refractivity contribution < 1.29 is 14.3 Å². The lowest BCUT2D eigenvalue weighted by Crippen LogP contribution is -2.25. The van der Waals surface area contributed by atoms with E-state index >= 15 is 0 Å². The summed E-state index contributed by atoms with van der Waals surface area (Å²) in [6.07, 6.45) is 4.38. The van der Waals surface area contributed by atoms with Crippen LogP contribution in [0.4, 0.5) is 23.0 Å². The van der Waals surface area contributed by atoms with Gasteiger partial charge in [0.15, 0.2) is 11.6 Å². The van der Waals surface area contributed by atoms with Crippen LogP contribution >= 0.6 is 0 Å². The number of carbonyl (C=O) groups excluding carboxylic acids is 2. The maximum absolute atomic E-state index is 12.4. The molecule has 10 heteroatoms. The summed E-state index contributed by atoms with van der Waals surface area (Å²) < 4.78 is 7.56. The second-order valence-corrected chi connectivity index (χ2v) is 8.47. The first-order valence-electron chi connectivity index (χ1n) is 11.0. The number of rotatable bonds is 9. The number of methoxy groups -OCH3 is 1. The average molecular weight is 464 g/mol. The zero-order valence-electron chi connectivity index (χ0n) is 20.0. The molecule has 1 saturated carbocycles. The van der Waals surface area contributed by atoms with Crippen molar-refractivity contribution in [2.24, 2.45) is 13.0 Å². The fourth-order valence-corrected chi connectivity index (χ4v) is 3.74. The molecule has 0 spiro atoms. The first kappa shape index (κ1) is 23.1. The summed E-state index contributed by atoms with van der Waals surface area (Å²) in [5.41, 5.74) is 7.87. The van der Waals surface area contributed by atoms with E-state index in [1.54, 1.807) is 24.9 Å². The van der Waals surface area contributed by atoms with Crippen molar-refractivity contribution >= 4 is 35.3 Å². The first-order chi connectivity index (χ1) is 16.3. The van der Waals surface area contributed by atoms with E-state index in [2.05, 4.69) is 26.1 Å². The monoisotopic (exact) mass is 463 g/mol. The molecule has 4 rings (SSSR count). The molecular formula is C24H29N7O3. The summed E-state index contributed by atoms with van der Waals surface area (Å²) in [7, 11) is 5.08. The van der Waals surface area contributed by atoms with Crippen LogP contribution in [-0.2, 0) is 16.6 Å². The van der Waals surface area contributed by atoms with Gasteiger partial charge in [-0.15, -0.1) is 0 Å². The number of nitrogens with zero attached hydrogens (tertiary/aromatic N) is 4. The molecule has 0 aliphatic heterocycles. The maximum Gasteiger partial charge on any atom is 0.228 e. The third-order valence-corrected chi connectivity index (χ3v) is 5.67. The van der Waals surface area contributed by atoms with Crippen molar-refractivity contribution in [2.75, 3.05) is 30.2 Å². The summed E-state index contributed by atoms with van der Waals surface area (Å²) >= 11 is 0. The fourth-order valence-electron chi connectivity index (χ4n) is 3.74. The lowest BCUT2D eigenvalue weighted by Gasteiger charge is -2.20. The summed E-state index contributed by atoms with van der Waals surface area (Å²) in [5, 5.41) is 12.1. The van der Waals surface area contributed by atoms with E-state index in [1.807, 2.05) is 45.3 Å². The van der Waals surface area contributed by atoms with E-state index in [1.165, 1.54) is 5.01 Å². The first-order valence-corrected chi connectivity index (χ1v) is 11.0. The lowest BCUT2D eigenvalue weighted by molar-refractivity contribution is -0.117. The Morgan fingerprint density at radius 2 is 2.03 bits per heavy atom. The van der Waals surface area contributed by atoms with Crippen molar-refractivity contribution in [1.29, 1.82) is 0 Å². The van der Waals surface area contributed by atoms with Crippen LogP contribution in [0.5, 0.6) is 5.75 Å². The number of nitrogens with one attached hydrogen (secondary N) is 3. The summed E-state index contributed by atoms with van der Waals surface area (Å²) in [6, 6.07) is 7.58. The van der Waals surface area contributed by atoms with Gasteiger partial charge >= 0.3 is 0 Å². The number of pyridine rings is 1. The summed E-state index contributed by atoms with van der Waals surface area (Å²) in [5.74, 6) is 1.46. The van der Waals surface area contributed by atoms with E-state index in [0.717, 1.165) is 40.9 Å². The topological polar surface area (TPSA) is 113 Å². The normalized spacial score (nSPS) is 12.7. The number of aryl methyl sites for hydroxylation is 2. The minimum Gasteiger partial charge on any atom is -0.494 e. The van der Waals surface area contributed by atoms with Gasteiger partial charge in [0, 0.05) is 49.1 Å². The van der Waals surface area contributed by atoms with Crippen molar-refractivity contribution in [3.05, 3.63) is 41.6 Å². The van der Waals surface area contributed by atoms with E-state index in [0.29, 0.717) is 29.5 Å². The standard InChI is InChI=1S/C24H29N7O3/c1-14-12-30(3)28-21(14)17-7-6-8-18(22(17)34-5)25-19-11-20(27-24(33)16-9-10-16)26-23(15(19)2)29-31(4)13-32/h6-8,11-13,16H,9-10H2,1-5H3,(H3,25,26,27,29,33). The zero-order valence-corrected chi connectivity index (χ0v) is 20.0. The molecule has 0 saturated heterocycles. The molecule has 2 heterocycles. The molecule has 0 bridgehead atoms. The van der Waals surface area contributed by atoms with Crippen molar-refractivity contribution in [3.63, 3.8) is 0 Å². The number of hydrogen-bond donors (Lipinski definition) is 3. The number of anilines is 4. The third kappa shape index (κ3) is 4.80. The molecular weight excluding hydrogens is 434 g/mol. The van der Waals surface area contributed by atoms with E-state index < -0.39 is 0 Å². The Kier molecular flexibility index (Phi) is 6.40. The summed E-state index contributed by atoms with van der Waals surface area (Å²) in [6.45, 7) is 3.88. The Balaban J connectivity index is 1.74. The number of ether oxygens (including phenoxy) is 1. The predicted octanol–water partition coefficient (Wildman–Crippen LogP) is 3.61. The molecule has 0 unspecified atom stereocenters. The molecule has 3 N–H and O–H groups in total. The van der Waals surface area contributed by atoms with Crippen molar-refractivity contribution in [1.82, 2.24) is 19.8 Å². The largest absolute Gasteiger partial charge is 0.494 e. The van der Waals surface area contributed by atoms with Gasteiger partial charge in [-0.25, -0.2) is 4.98 Å². The minimum absolute atomic E-state index is 0.0342. The van der Waals surface area contributed by atoms with Crippen molar-refractivity contribution in [2.45, 2.75) is 26.7 Å². The molecule has 2 amide bonds. The van der Waals surface area contributed by atoms with Gasteiger partial charge < -0.3 is 15.4 Å². The van der Waals surface area contributed by atoms with Crippen LogP contribution in [0.1, 0.15) is 24.0 Å². The molecule has 0 atom stereocenters. The minimum atomic E-state index is -0.0535. The lowest BCUT2D eigenvalue weighted by atomic mass is 10.1. The molecule has 2 aromatic heterocycles. The van der Waals surface area contributed by atoms with Gasteiger partial charge in [-0.1, -0.05) is 6.07 Å². The summed E-state index contributed by atoms with van der Waals surface area (Å²) in [4.78, 5) is 28.0. The quantitative estimate of drug-likeness (QED) is 0.328. The van der Waals surface area contributed by atoms with Gasteiger partial charge in [-0.05, 0) is 44.4 Å². The second-order valence-electron chi connectivity index (χ2n) is 8.47. The van der Waals surface area contributed by atoms with E-state index in [4.69, 9.17) is 4.74 Å². The average Bonchev–Trinajstić information content (AvgIpc) is 3.60. The van der Waals surface area contributed by atoms with Crippen molar-refractivity contribution in [3.8, 4) is 17.0 Å². The molecule has 1 aromatic carbocycles. The number of carbonyl (C=O) groups is 2. The smallest absolute Gasteiger partial charge is 0.228 e. The van der Waals surface area contributed by atoms with Gasteiger partial charge in [-0.2, -0.15) is 5.10 Å². The number of amides is 2. The van der Waals surface area contributed by atoms with Gasteiger partial charge in [0.1, 0.15) is 5.82 Å². The zero-order chi connectivity index (χ0) is 24.4. The number of para-hydroxylation sites is 1. The Morgan fingerprint density at radius 3 is 2.65 bits per heavy atom. The van der Waals surface area contributed by atoms with Crippen LogP contribution in [0.15, 0.2) is 30.5 Å². The molecule has 10 nitrogen and oxygen atoms in total. The van der Waals surface area contributed by atoms with Gasteiger partial charge in [0.2, 0.25) is 12.3 Å². The SMILES string of the molecule is COc1c(Nc2cc(NC(=O)C3CC3)nc(NN(C)C=O)c2C)cccc1-c1nn(C)cc1C. The highest BCUT2D eigenvalue weighted by Crippen LogP contribution is 2.40. The fraction of sp³-hybridized carbons (Fsp3) is 0.333. The molecule has 34 heavy (non-hydrogen) atoms. The molecule has 1 aliphatic rings. The number of hydrogen-bond acceptors (Lipinski definition) is 7. The van der Waals surface area contributed by atoms with Gasteiger partial charge in [0.25, 0.3) is 0 Å². The maximum atomic E-state index is 12.4. The molecule has 1 aliphatic carbocycles.